The predicted molar refractivity (Wildman–Crippen MR) is 100 cm³/mol. The summed E-state index contributed by atoms with van der Waals surface area (Å²) < 4.78 is 1.32. The molecular weight excluding hydrogens is 336 g/mol. The molecule has 3 rings (SSSR count). The van der Waals surface area contributed by atoms with E-state index in [1.807, 2.05) is 4.90 Å². The minimum absolute atomic E-state index is 0.0646. The highest BCUT2D eigenvalue weighted by molar-refractivity contribution is 7.17. The zero-order valence-electron chi connectivity index (χ0n) is 14.2. The standard InChI is InChI=1S/C19H24N2O3S/c22-18(23)8-3-9-20-19(24)21-10-4-5-14(12-21)11-15-13-25-17-7-2-1-6-16(15)17/h1-2,6-7,13-14H,3-5,8-12H2,(H,20,24)(H,22,23). The fourth-order valence-corrected chi connectivity index (χ4v) is 4.44. The van der Waals surface area contributed by atoms with E-state index in [4.69, 9.17) is 5.11 Å². The Morgan fingerprint density at radius 1 is 1.32 bits per heavy atom. The van der Waals surface area contributed by atoms with Gasteiger partial charge in [0.25, 0.3) is 0 Å². The molecule has 2 aromatic rings. The zero-order valence-corrected chi connectivity index (χ0v) is 15.1. The molecule has 1 saturated heterocycles. The van der Waals surface area contributed by atoms with E-state index in [2.05, 4.69) is 35.0 Å². The van der Waals surface area contributed by atoms with E-state index in [0.717, 1.165) is 32.4 Å². The monoisotopic (exact) mass is 360 g/mol. The molecule has 0 spiro atoms. The molecule has 1 aliphatic rings. The van der Waals surface area contributed by atoms with Crippen molar-refractivity contribution in [2.24, 2.45) is 5.92 Å². The lowest BCUT2D eigenvalue weighted by Crippen LogP contribution is -2.46. The van der Waals surface area contributed by atoms with Gasteiger partial charge in [-0.15, -0.1) is 11.3 Å². The number of carboxylic acids is 1. The van der Waals surface area contributed by atoms with E-state index in [1.165, 1.54) is 15.6 Å². The summed E-state index contributed by atoms with van der Waals surface area (Å²) in [7, 11) is 0. The third-order valence-electron chi connectivity index (χ3n) is 4.72. The first kappa shape index (κ1) is 17.7. The second-order valence-corrected chi connectivity index (χ2v) is 7.56. The quantitative estimate of drug-likeness (QED) is 0.771. The molecule has 5 nitrogen and oxygen atoms in total. The Bertz CT molecular complexity index is 743. The Morgan fingerprint density at radius 3 is 3.00 bits per heavy atom. The number of carbonyl (C=O) groups excluding carboxylic acids is 1. The molecule has 0 aliphatic carbocycles. The van der Waals surface area contributed by atoms with Crippen LogP contribution < -0.4 is 5.32 Å². The van der Waals surface area contributed by atoms with Crippen LogP contribution in [0.15, 0.2) is 29.6 Å². The largest absolute Gasteiger partial charge is 0.481 e. The molecule has 1 aromatic carbocycles. The number of rotatable bonds is 6. The molecule has 0 saturated carbocycles. The normalized spacial score (nSPS) is 17.6. The lowest BCUT2D eigenvalue weighted by molar-refractivity contribution is -0.137. The van der Waals surface area contributed by atoms with Gasteiger partial charge in [-0.2, -0.15) is 0 Å². The number of carbonyl (C=O) groups is 2. The van der Waals surface area contributed by atoms with Crippen molar-refractivity contribution < 1.29 is 14.7 Å². The number of nitrogens with one attached hydrogen (secondary N) is 1. The van der Waals surface area contributed by atoms with Crippen molar-refractivity contribution in [2.45, 2.75) is 32.1 Å². The van der Waals surface area contributed by atoms with Crippen LogP contribution in [-0.2, 0) is 11.2 Å². The fourth-order valence-electron chi connectivity index (χ4n) is 3.46. The number of aliphatic carboxylic acids is 1. The third-order valence-corrected chi connectivity index (χ3v) is 5.73. The Morgan fingerprint density at radius 2 is 2.16 bits per heavy atom. The summed E-state index contributed by atoms with van der Waals surface area (Å²) in [6, 6.07) is 8.42. The van der Waals surface area contributed by atoms with Crippen LogP contribution in [0.1, 0.15) is 31.2 Å². The van der Waals surface area contributed by atoms with Crippen LogP contribution in [0.2, 0.25) is 0 Å². The number of thiophene rings is 1. The Balaban J connectivity index is 1.52. The number of benzene rings is 1. The average molecular weight is 360 g/mol. The maximum Gasteiger partial charge on any atom is 0.317 e. The summed E-state index contributed by atoms with van der Waals surface area (Å²) in [4.78, 5) is 24.7. The van der Waals surface area contributed by atoms with Crippen LogP contribution in [-0.4, -0.2) is 41.6 Å². The van der Waals surface area contributed by atoms with Crippen LogP contribution >= 0.6 is 11.3 Å². The molecule has 1 atom stereocenters. The number of carboxylic acid groups (broad SMARTS) is 1. The molecule has 0 bridgehead atoms. The number of fused-ring (bicyclic) bond motifs is 1. The highest BCUT2D eigenvalue weighted by atomic mass is 32.1. The maximum atomic E-state index is 12.3. The van der Waals surface area contributed by atoms with E-state index in [-0.39, 0.29) is 12.5 Å². The Kier molecular flexibility index (Phi) is 5.91. The second kappa shape index (κ2) is 8.34. The summed E-state index contributed by atoms with van der Waals surface area (Å²) in [5, 5.41) is 15.1. The van der Waals surface area contributed by atoms with Gasteiger partial charge in [0, 0.05) is 30.8 Å². The van der Waals surface area contributed by atoms with Gasteiger partial charge in [0.05, 0.1) is 0 Å². The highest BCUT2D eigenvalue weighted by Crippen LogP contribution is 2.30. The molecule has 134 valence electrons. The first-order valence-electron chi connectivity index (χ1n) is 8.83. The van der Waals surface area contributed by atoms with Gasteiger partial charge >= 0.3 is 12.0 Å². The number of hydrogen-bond acceptors (Lipinski definition) is 3. The van der Waals surface area contributed by atoms with Gasteiger partial charge in [0.1, 0.15) is 0 Å². The molecule has 2 N–H and O–H groups in total. The summed E-state index contributed by atoms with van der Waals surface area (Å²) in [5.41, 5.74) is 1.38. The number of hydrogen-bond donors (Lipinski definition) is 2. The molecule has 2 amide bonds. The number of amides is 2. The van der Waals surface area contributed by atoms with Crippen molar-refractivity contribution in [2.75, 3.05) is 19.6 Å². The van der Waals surface area contributed by atoms with Gasteiger partial charge in [-0.3, -0.25) is 4.79 Å². The smallest absolute Gasteiger partial charge is 0.317 e. The van der Waals surface area contributed by atoms with E-state index in [9.17, 15) is 9.59 Å². The summed E-state index contributed by atoms with van der Waals surface area (Å²) in [5.74, 6) is -0.341. The predicted octanol–water partition coefficient (Wildman–Crippen LogP) is 3.73. The minimum atomic E-state index is -0.824. The van der Waals surface area contributed by atoms with Crippen molar-refractivity contribution in [1.82, 2.24) is 10.2 Å². The van der Waals surface area contributed by atoms with Gasteiger partial charge < -0.3 is 15.3 Å². The van der Waals surface area contributed by atoms with Crippen molar-refractivity contribution in [3.8, 4) is 0 Å². The highest BCUT2D eigenvalue weighted by Gasteiger charge is 2.24. The van der Waals surface area contributed by atoms with E-state index in [1.54, 1.807) is 11.3 Å². The van der Waals surface area contributed by atoms with Crippen LogP contribution in [0.25, 0.3) is 10.1 Å². The average Bonchev–Trinajstić information content (AvgIpc) is 3.02. The van der Waals surface area contributed by atoms with Gasteiger partial charge in [-0.1, -0.05) is 18.2 Å². The maximum absolute atomic E-state index is 12.3. The second-order valence-electron chi connectivity index (χ2n) is 6.64. The first-order valence-corrected chi connectivity index (χ1v) is 9.71. The van der Waals surface area contributed by atoms with Gasteiger partial charge in [-0.25, -0.2) is 4.79 Å². The van der Waals surface area contributed by atoms with Crippen molar-refractivity contribution >= 4 is 33.4 Å². The SMILES string of the molecule is O=C(O)CCCNC(=O)N1CCCC(Cc2csc3ccccc23)C1. The van der Waals surface area contributed by atoms with E-state index in [0.29, 0.717) is 18.9 Å². The summed E-state index contributed by atoms with van der Waals surface area (Å²) >= 11 is 1.78. The zero-order chi connectivity index (χ0) is 17.6. The summed E-state index contributed by atoms with van der Waals surface area (Å²) in [6.07, 6.45) is 3.74. The van der Waals surface area contributed by atoms with Crippen LogP contribution in [0.4, 0.5) is 4.79 Å². The van der Waals surface area contributed by atoms with Crippen molar-refractivity contribution in [3.63, 3.8) is 0 Å². The number of likely N-dealkylation sites (tertiary alicyclic amines) is 1. The Labute approximate surface area is 151 Å². The van der Waals surface area contributed by atoms with E-state index >= 15 is 0 Å². The number of urea groups is 1. The molecular formula is C19H24N2O3S. The first-order chi connectivity index (χ1) is 12.1. The van der Waals surface area contributed by atoms with Gasteiger partial charge in [0.2, 0.25) is 0 Å². The lowest BCUT2D eigenvalue weighted by Gasteiger charge is -2.32. The fraction of sp³-hybridized carbons (Fsp3) is 0.474. The van der Waals surface area contributed by atoms with E-state index < -0.39 is 5.97 Å². The van der Waals surface area contributed by atoms with Gasteiger partial charge in [-0.05, 0) is 54.0 Å². The number of piperidine rings is 1. The Hall–Kier alpha value is -2.08. The van der Waals surface area contributed by atoms with Crippen LogP contribution in [0, 0.1) is 5.92 Å². The topological polar surface area (TPSA) is 69.6 Å². The molecule has 2 heterocycles. The van der Waals surface area contributed by atoms with Crippen molar-refractivity contribution in [1.29, 1.82) is 0 Å². The molecule has 1 unspecified atom stereocenters. The van der Waals surface area contributed by atoms with Gasteiger partial charge in [0.15, 0.2) is 0 Å². The van der Waals surface area contributed by atoms with Crippen LogP contribution in [0.3, 0.4) is 0 Å². The lowest BCUT2D eigenvalue weighted by atomic mass is 9.91. The molecule has 25 heavy (non-hydrogen) atoms. The number of nitrogens with zero attached hydrogens (tertiary/aromatic N) is 1. The minimum Gasteiger partial charge on any atom is -0.481 e. The molecule has 6 heteroatoms. The summed E-state index contributed by atoms with van der Waals surface area (Å²) in [6.45, 7) is 1.97. The molecule has 1 aliphatic heterocycles. The van der Waals surface area contributed by atoms with Crippen molar-refractivity contribution in [3.05, 3.63) is 35.2 Å². The van der Waals surface area contributed by atoms with Crippen LogP contribution in [0.5, 0.6) is 0 Å². The molecule has 0 radical (unpaired) electrons. The third kappa shape index (κ3) is 4.72. The molecule has 1 fully saturated rings. The molecule has 1 aromatic heterocycles.